The van der Waals surface area contributed by atoms with Crippen LogP contribution in [-0.2, 0) is 4.74 Å². The number of amides is 1. The molecule has 1 fully saturated rings. The van der Waals surface area contributed by atoms with Crippen molar-refractivity contribution in [2.24, 2.45) is 11.8 Å². The molecule has 1 N–H and O–H groups in total. The fourth-order valence-electron chi connectivity index (χ4n) is 2.10. The molecule has 1 saturated heterocycles. The van der Waals surface area contributed by atoms with Crippen LogP contribution in [0, 0.1) is 11.8 Å². The Kier molecular flexibility index (Phi) is 4.42. The fourth-order valence-corrected chi connectivity index (χ4v) is 2.10. The van der Waals surface area contributed by atoms with Crippen LogP contribution in [0.5, 0.6) is 0 Å². The standard InChI is InChI=1S/C13H25NO3/c1-9(2)11(15)10-6-7-14(8-10)12(16)17-13(3,4)5/h9-11,15H,6-8H2,1-5H3/t10?,11-/m1/s1. The first-order chi connectivity index (χ1) is 7.70. The molecule has 0 aromatic carbocycles. The van der Waals surface area contributed by atoms with Gasteiger partial charge in [0.25, 0.3) is 0 Å². The maximum Gasteiger partial charge on any atom is 0.410 e. The van der Waals surface area contributed by atoms with E-state index in [4.69, 9.17) is 4.74 Å². The summed E-state index contributed by atoms with van der Waals surface area (Å²) in [4.78, 5) is 13.5. The molecule has 0 aromatic heterocycles. The Morgan fingerprint density at radius 1 is 1.41 bits per heavy atom. The molecule has 0 radical (unpaired) electrons. The number of carbonyl (C=O) groups excluding carboxylic acids is 1. The minimum Gasteiger partial charge on any atom is -0.444 e. The maximum absolute atomic E-state index is 11.8. The van der Waals surface area contributed by atoms with Gasteiger partial charge in [0.2, 0.25) is 0 Å². The van der Waals surface area contributed by atoms with Gasteiger partial charge in [-0.15, -0.1) is 0 Å². The van der Waals surface area contributed by atoms with E-state index in [1.54, 1.807) is 4.90 Å². The SMILES string of the molecule is CC(C)[C@@H](O)C1CCN(C(=O)OC(C)(C)C)C1. The summed E-state index contributed by atoms with van der Waals surface area (Å²) in [5, 5.41) is 9.98. The Morgan fingerprint density at radius 3 is 2.47 bits per heavy atom. The third-order valence-electron chi connectivity index (χ3n) is 3.04. The van der Waals surface area contributed by atoms with Crippen LogP contribution >= 0.6 is 0 Å². The van der Waals surface area contributed by atoms with Gasteiger partial charge in [-0.05, 0) is 33.1 Å². The van der Waals surface area contributed by atoms with Gasteiger partial charge in [-0.3, -0.25) is 0 Å². The predicted molar refractivity (Wildman–Crippen MR) is 66.8 cm³/mol. The molecule has 1 heterocycles. The van der Waals surface area contributed by atoms with E-state index in [9.17, 15) is 9.90 Å². The highest BCUT2D eigenvalue weighted by Gasteiger charge is 2.34. The average molecular weight is 243 g/mol. The van der Waals surface area contributed by atoms with Crippen molar-refractivity contribution >= 4 is 6.09 Å². The van der Waals surface area contributed by atoms with Crippen LogP contribution in [0.15, 0.2) is 0 Å². The molecule has 100 valence electrons. The number of ether oxygens (including phenoxy) is 1. The van der Waals surface area contributed by atoms with Gasteiger partial charge in [0.15, 0.2) is 0 Å². The van der Waals surface area contributed by atoms with Crippen LogP contribution in [0.25, 0.3) is 0 Å². The number of carbonyl (C=O) groups is 1. The van der Waals surface area contributed by atoms with E-state index >= 15 is 0 Å². The number of hydrogen-bond acceptors (Lipinski definition) is 3. The van der Waals surface area contributed by atoms with Crippen molar-refractivity contribution in [3.05, 3.63) is 0 Å². The summed E-state index contributed by atoms with van der Waals surface area (Å²) in [7, 11) is 0. The second-order valence-corrected chi connectivity index (χ2v) is 6.21. The van der Waals surface area contributed by atoms with Gasteiger partial charge in [-0.1, -0.05) is 13.8 Å². The molecule has 1 aliphatic heterocycles. The molecule has 0 bridgehead atoms. The van der Waals surface area contributed by atoms with Gasteiger partial charge < -0.3 is 14.7 Å². The van der Waals surface area contributed by atoms with Crippen molar-refractivity contribution in [1.29, 1.82) is 0 Å². The lowest BCUT2D eigenvalue weighted by Crippen LogP contribution is -2.36. The first-order valence-electron chi connectivity index (χ1n) is 6.36. The summed E-state index contributed by atoms with van der Waals surface area (Å²) in [6.07, 6.45) is 0.261. The van der Waals surface area contributed by atoms with Crippen LogP contribution in [0.1, 0.15) is 41.0 Å². The van der Waals surface area contributed by atoms with E-state index in [0.29, 0.717) is 13.1 Å². The first kappa shape index (κ1) is 14.3. The van der Waals surface area contributed by atoms with Crippen molar-refractivity contribution in [1.82, 2.24) is 4.90 Å². The topological polar surface area (TPSA) is 49.8 Å². The summed E-state index contributed by atoms with van der Waals surface area (Å²) in [5.74, 6) is 0.418. The van der Waals surface area contributed by atoms with Crippen molar-refractivity contribution in [2.75, 3.05) is 13.1 Å². The number of rotatable bonds is 2. The van der Waals surface area contributed by atoms with Crippen LogP contribution < -0.4 is 0 Å². The normalized spacial score (nSPS) is 23.0. The lowest BCUT2D eigenvalue weighted by molar-refractivity contribution is 0.0247. The molecule has 17 heavy (non-hydrogen) atoms. The Hall–Kier alpha value is -0.770. The number of likely N-dealkylation sites (tertiary alicyclic amines) is 1. The Balaban J connectivity index is 2.48. The Morgan fingerprint density at radius 2 is 2.00 bits per heavy atom. The maximum atomic E-state index is 11.8. The predicted octanol–water partition coefficient (Wildman–Crippen LogP) is 2.26. The highest BCUT2D eigenvalue weighted by molar-refractivity contribution is 5.68. The second kappa shape index (κ2) is 5.25. The monoisotopic (exact) mass is 243 g/mol. The third-order valence-corrected chi connectivity index (χ3v) is 3.04. The molecule has 1 amide bonds. The molecule has 4 nitrogen and oxygen atoms in total. The zero-order chi connectivity index (χ0) is 13.2. The van der Waals surface area contributed by atoms with Crippen LogP contribution in [0.2, 0.25) is 0 Å². The quantitative estimate of drug-likeness (QED) is 0.809. The molecule has 0 saturated carbocycles. The van der Waals surface area contributed by atoms with E-state index in [-0.39, 0.29) is 24.0 Å². The third kappa shape index (κ3) is 4.19. The van der Waals surface area contributed by atoms with Crippen molar-refractivity contribution in [3.8, 4) is 0 Å². The van der Waals surface area contributed by atoms with E-state index in [1.165, 1.54) is 0 Å². The molecule has 0 aliphatic carbocycles. The van der Waals surface area contributed by atoms with Gasteiger partial charge in [-0.2, -0.15) is 0 Å². The lowest BCUT2D eigenvalue weighted by atomic mass is 9.93. The molecule has 1 aliphatic rings. The van der Waals surface area contributed by atoms with Crippen LogP contribution in [0.3, 0.4) is 0 Å². The summed E-state index contributed by atoms with van der Waals surface area (Å²) < 4.78 is 5.32. The minimum absolute atomic E-state index is 0.183. The minimum atomic E-state index is -0.453. The van der Waals surface area contributed by atoms with Crippen LogP contribution in [-0.4, -0.2) is 40.9 Å². The number of aliphatic hydroxyl groups is 1. The Labute approximate surface area is 104 Å². The molecule has 0 aromatic rings. The number of nitrogens with zero attached hydrogens (tertiary/aromatic N) is 1. The lowest BCUT2D eigenvalue weighted by Gasteiger charge is -2.25. The van der Waals surface area contributed by atoms with Crippen LogP contribution in [0.4, 0.5) is 4.79 Å². The zero-order valence-corrected chi connectivity index (χ0v) is 11.6. The van der Waals surface area contributed by atoms with E-state index in [1.807, 2.05) is 34.6 Å². The smallest absolute Gasteiger partial charge is 0.410 e. The summed E-state index contributed by atoms with van der Waals surface area (Å²) in [5.41, 5.74) is -0.453. The molecule has 1 unspecified atom stereocenters. The van der Waals surface area contributed by atoms with Crippen molar-refractivity contribution in [3.63, 3.8) is 0 Å². The Bertz CT molecular complexity index is 270. The van der Waals surface area contributed by atoms with Gasteiger partial charge in [0.05, 0.1) is 6.10 Å². The molecular formula is C13H25NO3. The first-order valence-corrected chi connectivity index (χ1v) is 6.36. The molecule has 0 spiro atoms. The number of hydrogen-bond donors (Lipinski definition) is 1. The van der Waals surface area contributed by atoms with E-state index in [2.05, 4.69) is 0 Å². The van der Waals surface area contributed by atoms with Gasteiger partial charge in [0.1, 0.15) is 5.60 Å². The fraction of sp³-hybridized carbons (Fsp3) is 0.923. The van der Waals surface area contributed by atoms with Crippen molar-refractivity contribution in [2.45, 2.75) is 52.7 Å². The summed E-state index contributed by atoms with van der Waals surface area (Å²) in [6, 6.07) is 0. The largest absolute Gasteiger partial charge is 0.444 e. The van der Waals surface area contributed by atoms with Gasteiger partial charge >= 0.3 is 6.09 Å². The zero-order valence-electron chi connectivity index (χ0n) is 11.6. The highest BCUT2D eigenvalue weighted by atomic mass is 16.6. The van der Waals surface area contributed by atoms with Crippen molar-refractivity contribution < 1.29 is 14.6 Å². The average Bonchev–Trinajstić information content (AvgIpc) is 2.62. The second-order valence-electron chi connectivity index (χ2n) is 6.21. The van der Waals surface area contributed by atoms with E-state index < -0.39 is 5.60 Å². The summed E-state index contributed by atoms with van der Waals surface area (Å²) in [6.45, 7) is 10.9. The molecular weight excluding hydrogens is 218 g/mol. The molecule has 2 atom stereocenters. The highest BCUT2D eigenvalue weighted by Crippen LogP contribution is 2.25. The van der Waals surface area contributed by atoms with Gasteiger partial charge in [-0.25, -0.2) is 4.79 Å². The number of aliphatic hydroxyl groups excluding tert-OH is 1. The van der Waals surface area contributed by atoms with E-state index in [0.717, 1.165) is 6.42 Å². The molecule has 1 rings (SSSR count). The van der Waals surface area contributed by atoms with Gasteiger partial charge in [0, 0.05) is 19.0 Å². The summed E-state index contributed by atoms with van der Waals surface area (Å²) >= 11 is 0. The molecule has 4 heteroatoms.